The van der Waals surface area contributed by atoms with Crippen LogP contribution in [0.3, 0.4) is 0 Å². The maximum absolute atomic E-state index is 13.9. The first-order valence-corrected chi connectivity index (χ1v) is 15.0. The van der Waals surface area contributed by atoms with Crippen LogP contribution in [0, 0.1) is 17.0 Å². The number of carboxylic acid groups (broad SMARTS) is 1. The van der Waals surface area contributed by atoms with Crippen molar-refractivity contribution >= 4 is 34.3 Å². The predicted molar refractivity (Wildman–Crippen MR) is 157 cm³/mol. The molecule has 0 spiro atoms. The number of nitrogens with zero attached hydrogens (tertiary/aromatic N) is 4. The highest BCUT2D eigenvalue weighted by atomic mass is 32.1. The SMILES string of the molecule is COc1cc(OCC(=O)N2CC[N+](C)(C)CC2)ccc1-c1csc(N(C)C(=O)C2(CC(=O)[O-])Cc3cc(F)c(F)cc3C2)n1. The van der Waals surface area contributed by atoms with Gasteiger partial charge in [0.15, 0.2) is 23.4 Å². The van der Waals surface area contributed by atoms with E-state index in [-0.39, 0.29) is 25.4 Å². The molecule has 234 valence electrons. The van der Waals surface area contributed by atoms with E-state index in [1.165, 1.54) is 30.4 Å². The molecule has 1 fully saturated rings. The molecular weight excluding hydrogens is 594 g/mol. The Kier molecular flexibility index (Phi) is 8.63. The molecule has 2 amide bonds. The zero-order chi connectivity index (χ0) is 31.8. The number of benzene rings is 2. The van der Waals surface area contributed by atoms with Gasteiger partial charge in [0.05, 0.1) is 58.5 Å². The number of carboxylic acids is 1. The van der Waals surface area contributed by atoms with Gasteiger partial charge in [-0.1, -0.05) is 0 Å². The molecule has 2 aromatic carbocycles. The molecule has 13 heteroatoms. The first-order chi connectivity index (χ1) is 20.8. The number of hydrogen-bond acceptors (Lipinski definition) is 8. The van der Waals surface area contributed by atoms with Crippen molar-refractivity contribution in [2.24, 2.45) is 5.41 Å². The summed E-state index contributed by atoms with van der Waals surface area (Å²) >= 11 is 1.17. The summed E-state index contributed by atoms with van der Waals surface area (Å²) in [5.74, 6) is -3.28. The third-order valence-electron chi connectivity index (χ3n) is 8.43. The van der Waals surface area contributed by atoms with Crippen LogP contribution >= 0.6 is 11.3 Å². The molecule has 1 aliphatic carbocycles. The van der Waals surface area contributed by atoms with Gasteiger partial charge in [-0.2, -0.15) is 0 Å². The number of halogens is 2. The van der Waals surface area contributed by atoms with Gasteiger partial charge >= 0.3 is 0 Å². The van der Waals surface area contributed by atoms with Crippen molar-refractivity contribution in [3.63, 3.8) is 0 Å². The van der Waals surface area contributed by atoms with Crippen LogP contribution in [0.2, 0.25) is 0 Å². The van der Waals surface area contributed by atoms with Crippen molar-refractivity contribution in [2.45, 2.75) is 19.3 Å². The molecule has 1 aromatic heterocycles. The van der Waals surface area contributed by atoms with Gasteiger partial charge in [-0.05, 0) is 48.2 Å². The standard InChI is InChI=1S/C31H34F2N4O6S/c1-35(29(41)31(16-28(39)40)14-19-11-23(32)24(33)12-20(19)15-31)30-34-25(18-44-30)22-6-5-21(13-26(22)42-4)43-17-27(38)36-7-9-37(2,3)10-8-36/h5-6,11-13,18H,7-10,14-17H2,1-4H3. The number of ether oxygens (including phenoxy) is 2. The Morgan fingerprint density at radius 3 is 2.32 bits per heavy atom. The molecule has 0 atom stereocenters. The maximum atomic E-state index is 13.9. The minimum absolute atomic E-state index is 0.0678. The number of amides is 2. The highest BCUT2D eigenvalue weighted by molar-refractivity contribution is 7.14. The van der Waals surface area contributed by atoms with E-state index < -0.39 is 35.3 Å². The molecule has 1 saturated heterocycles. The molecule has 1 aliphatic heterocycles. The normalized spacial score (nSPS) is 16.7. The Morgan fingerprint density at radius 2 is 1.73 bits per heavy atom. The fraction of sp³-hybridized carbons (Fsp3) is 0.419. The molecule has 0 saturated carbocycles. The molecule has 0 bridgehead atoms. The first-order valence-electron chi connectivity index (χ1n) is 14.1. The predicted octanol–water partition coefficient (Wildman–Crippen LogP) is 2.28. The minimum atomic E-state index is -1.47. The van der Waals surface area contributed by atoms with Gasteiger partial charge in [0, 0.05) is 36.4 Å². The Labute approximate surface area is 258 Å². The molecule has 0 N–H and O–H groups in total. The number of quaternary nitrogens is 1. The number of anilines is 1. The number of hydrogen-bond donors (Lipinski definition) is 0. The van der Waals surface area contributed by atoms with Crippen LogP contribution in [-0.2, 0) is 27.2 Å². The quantitative estimate of drug-likeness (QED) is 0.335. The van der Waals surface area contributed by atoms with E-state index in [2.05, 4.69) is 19.1 Å². The fourth-order valence-electron chi connectivity index (χ4n) is 5.83. The van der Waals surface area contributed by atoms with E-state index in [1.54, 1.807) is 23.6 Å². The van der Waals surface area contributed by atoms with Crippen LogP contribution in [0.1, 0.15) is 17.5 Å². The lowest BCUT2D eigenvalue weighted by atomic mass is 9.80. The number of fused-ring (bicyclic) bond motifs is 1. The molecular formula is C31H34F2N4O6S. The van der Waals surface area contributed by atoms with Crippen LogP contribution in [0.4, 0.5) is 13.9 Å². The average molecular weight is 629 g/mol. The van der Waals surface area contributed by atoms with Crippen molar-refractivity contribution in [1.29, 1.82) is 0 Å². The average Bonchev–Trinajstić information content (AvgIpc) is 3.60. The number of methoxy groups -OCH3 is 1. The molecule has 3 aromatic rings. The number of piperazine rings is 1. The summed E-state index contributed by atoms with van der Waals surface area (Å²) in [5, 5.41) is 13.7. The van der Waals surface area contributed by atoms with Crippen molar-refractivity contribution < 1.29 is 42.2 Å². The summed E-state index contributed by atoms with van der Waals surface area (Å²) in [5.41, 5.74) is 0.430. The van der Waals surface area contributed by atoms with E-state index >= 15 is 0 Å². The topological polar surface area (TPSA) is 112 Å². The van der Waals surface area contributed by atoms with E-state index in [1.807, 2.05) is 4.90 Å². The van der Waals surface area contributed by atoms with E-state index in [0.717, 1.165) is 29.7 Å². The van der Waals surface area contributed by atoms with Gasteiger partial charge in [-0.15, -0.1) is 11.3 Å². The molecule has 44 heavy (non-hydrogen) atoms. The van der Waals surface area contributed by atoms with Crippen molar-refractivity contribution in [2.75, 3.05) is 65.9 Å². The molecule has 0 radical (unpaired) electrons. The fourth-order valence-corrected chi connectivity index (χ4v) is 6.62. The summed E-state index contributed by atoms with van der Waals surface area (Å²) in [6.07, 6.45) is -0.748. The first kappa shape index (κ1) is 31.3. The van der Waals surface area contributed by atoms with E-state index in [0.29, 0.717) is 52.1 Å². The van der Waals surface area contributed by atoms with Crippen LogP contribution < -0.4 is 19.5 Å². The van der Waals surface area contributed by atoms with Crippen molar-refractivity contribution in [3.8, 4) is 22.8 Å². The minimum Gasteiger partial charge on any atom is -0.550 e. The number of aliphatic carboxylic acids is 1. The van der Waals surface area contributed by atoms with Gasteiger partial charge in [-0.3, -0.25) is 14.5 Å². The molecule has 5 rings (SSSR count). The molecule has 0 unspecified atom stereocenters. The summed E-state index contributed by atoms with van der Waals surface area (Å²) in [6.45, 7) is 3.03. The van der Waals surface area contributed by atoms with Crippen molar-refractivity contribution in [1.82, 2.24) is 9.88 Å². The largest absolute Gasteiger partial charge is 0.550 e. The van der Waals surface area contributed by atoms with Gasteiger partial charge < -0.3 is 28.8 Å². The molecule has 10 nitrogen and oxygen atoms in total. The highest BCUT2D eigenvalue weighted by Gasteiger charge is 2.46. The lowest BCUT2D eigenvalue weighted by Gasteiger charge is -2.38. The number of aromatic nitrogens is 1. The van der Waals surface area contributed by atoms with Gasteiger partial charge in [0.25, 0.3) is 5.91 Å². The number of carbonyl (C=O) groups excluding carboxylic acids is 3. The van der Waals surface area contributed by atoms with Crippen LogP contribution in [-0.4, -0.2) is 93.2 Å². The smallest absolute Gasteiger partial charge is 0.260 e. The second-order valence-electron chi connectivity index (χ2n) is 12.0. The van der Waals surface area contributed by atoms with Gasteiger partial charge in [0.1, 0.15) is 11.5 Å². The highest BCUT2D eigenvalue weighted by Crippen LogP contribution is 2.43. The molecule has 2 aliphatic rings. The number of likely N-dealkylation sites (N-methyl/N-ethyl adjacent to an activating group) is 1. The second kappa shape index (κ2) is 12.1. The summed E-state index contributed by atoms with van der Waals surface area (Å²) in [7, 11) is 7.27. The zero-order valence-electron chi connectivity index (χ0n) is 25.0. The third-order valence-corrected chi connectivity index (χ3v) is 9.35. The number of rotatable bonds is 9. The lowest BCUT2D eigenvalue weighted by Crippen LogP contribution is -2.56. The van der Waals surface area contributed by atoms with E-state index in [4.69, 9.17) is 9.47 Å². The van der Waals surface area contributed by atoms with E-state index in [9.17, 15) is 28.3 Å². The third kappa shape index (κ3) is 6.39. The van der Waals surface area contributed by atoms with Crippen LogP contribution in [0.15, 0.2) is 35.7 Å². The number of carbonyl (C=O) groups is 3. The summed E-state index contributed by atoms with van der Waals surface area (Å²) in [6, 6.07) is 7.14. The van der Waals surface area contributed by atoms with Gasteiger partial charge in [0.2, 0.25) is 5.91 Å². The van der Waals surface area contributed by atoms with Crippen molar-refractivity contribution in [3.05, 3.63) is 58.5 Å². The molecule has 2 heterocycles. The lowest BCUT2D eigenvalue weighted by molar-refractivity contribution is -0.894. The Bertz CT molecular complexity index is 1570. The Balaban J connectivity index is 1.30. The Morgan fingerprint density at radius 1 is 1.09 bits per heavy atom. The second-order valence-corrected chi connectivity index (χ2v) is 12.8. The summed E-state index contributed by atoms with van der Waals surface area (Å²) < 4.78 is 40.0. The van der Waals surface area contributed by atoms with Crippen LogP contribution in [0.5, 0.6) is 11.5 Å². The van der Waals surface area contributed by atoms with Crippen LogP contribution in [0.25, 0.3) is 11.3 Å². The number of thiazole rings is 1. The monoisotopic (exact) mass is 628 g/mol. The Hall–Kier alpha value is -4.10. The van der Waals surface area contributed by atoms with Gasteiger partial charge in [-0.25, -0.2) is 13.8 Å². The summed E-state index contributed by atoms with van der Waals surface area (Å²) in [4.78, 5) is 45.8. The maximum Gasteiger partial charge on any atom is 0.260 e. The zero-order valence-corrected chi connectivity index (χ0v) is 25.8.